The number of carbonyl (C=O) groups is 1. The Hall–Kier alpha value is -3.88. The van der Waals surface area contributed by atoms with E-state index in [0.717, 1.165) is 12.1 Å². The number of aromatic hydroxyl groups is 1. The van der Waals surface area contributed by atoms with Gasteiger partial charge in [0.05, 0.1) is 11.1 Å². The fourth-order valence-electron chi connectivity index (χ4n) is 2.81. The number of pyridine rings is 2. The van der Waals surface area contributed by atoms with Crippen molar-refractivity contribution in [2.24, 2.45) is 0 Å². The minimum Gasteiger partial charge on any atom is -0.506 e. The summed E-state index contributed by atoms with van der Waals surface area (Å²) in [4.78, 5) is 20.9. The molecule has 0 aliphatic heterocycles. The number of fused-ring (bicyclic) bond motifs is 1. The first-order chi connectivity index (χ1) is 13.5. The van der Waals surface area contributed by atoms with E-state index in [4.69, 9.17) is 0 Å². The number of hydrogen-bond acceptors (Lipinski definition) is 5. The number of anilines is 1. The van der Waals surface area contributed by atoms with Gasteiger partial charge in [-0.3, -0.25) is 4.79 Å². The van der Waals surface area contributed by atoms with Gasteiger partial charge in [0.2, 0.25) is 0 Å². The highest BCUT2D eigenvalue weighted by atomic mass is 19.2. The van der Waals surface area contributed by atoms with E-state index in [2.05, 4.69) is 20.4 Å². The van der Waals surface area contributed by atoms with Crippen LogP contribution < -0.4 is 5.32 Å². The number of rotatable bonds is 3. The van der Waals surface area contributed by atoms with E-state index in [0.29, 0.717) is 22.5 Å². The first-order valence-electron chi connectivity index (χ1n) is 8.21. The molecule has 0 atom stereocenters. The molecule has 0 bridgehead atoms. The van der Waals surface area contributed by atoms with Crippen molar-refractivity contribution in [1.82, 2.24) is 19.7 Å². The fraction of sp³-hybridized carbons (Fsp3) is 0.0526. The van der Waals surface area contributed by atoms with Crippen molar-refractivity contribution in [2.75, 3.05) is 5.32 Å². The quantitative estimate of drug-likeness (QED) is 0.568. The first-order valence-corrected chi connectivity index (χ1v) is 8.21. The molecular weight excluding hydrogens is 368 g/mol. The van der Waals surface area contributed by atoms with Crippen LogP contribution in [0.15, 0.2) is 48.8 Å². The van der Waals surface area contributed by atoms with Crippen molar-refractivity contribution >= 4 is 22.6 Å². The summed E-state index contributed by atoms with van der Waals surface area (Å²) in [6.07, 6.45) is 2.79. The van der Waals surface area contributed by atoms with Crippen LogP contribution >= 0.6 is 0 Å². The molecule has 0 fully saturated rings. The number of amides is 1. The summed E-state index contributed by atoms with van der Waals surface area (Å²) in [5.41, 5.74) is 0.705. The van der Waals surface area contributed by atoms with Gasteiger partial charge in [-0.1, -0.05) is 6.07 Å². The molecule has 0 saturated carbocycles. The fourth-order valence-corrected chi connectivity index (χ4v) is 2.81. The maximum Gasteiger partial charge on any atom is 0.261 e. The highest BCUT2D eigenvalue weighted by molar-refractivity contribution is 6.09. The van der Waals surface area contributed by atoms with E-state index in [-0.39, 0.29) is 17.0 Å². The molecule has 0 spiro atoms. The van der Waals surface area contributed by atoms with E-state index in [1.54, 1.807) is 31.3 Å². The predicted molar refractivity (Wildman–Crippen MR) is 97.4 cm³/mol. The average Bonchev–Trinajstić information content (AvgIpc) is 3.03. The molecule has 3 heterocycles. The van der Waals surface area contributed by atoms with Crippen LogP contribution in [-0.4, -0.2) is 30.8 Å². The molecule has 140 valence electrons. The van der Waals surface area contributed by atoms with Crippen molar-refractivity contribution in [2.45, 2.75) is 6.92 Å². The maximum absolute atomic E-state index is 13.3. The Kier molecular flexibility index (Phi) is 4.19. The highest BCUT2D eigenvalue weighted by Gasteiger charge is 2.21. The summed E-state index contributed by atoms with van der Waals surface area (Å²) in [5, 5.41) is 17.7. The van der Waals surface area contributed by atoms with Crippen LogP contribution in [0.4, 0.5) is 14.5 Å². The molecule has 0 aliphatic carbocycles. The molecular formula is C19H13F2N5O2. The van der Waals surface area contributed by atoms with Gasteiger partial charge in [-0.05, 0) is 31.2 Å². The second kappa shape index (κ2) is 6.69. The van der Waals surface area contributed by atoms with Gasteiger partial charge < -0.3 is 10.4 Å². The summed E-state index contributed by atoms with van der Waals surface area (Å²) in [6.45, 7) is 1.67. The lowest BCUT2D eigenvalue weighted by Crippen LogP contribution is -2.13. The van der Waals surface area contributed by atoms with Crippen molar-refractivity contribution in [1.29, 1.82) is 0 Å². The molecule has 3 aromatic heterocycles. The number of hydrogen-bond donors (Lipinski definition) is 2. The Bertz CT molecular complexity index is 1210. The molecule has 9 heteroatoms. The molecule has 4 aromatic rings. The zero-order valence-electron chi connectivity index (χ0n) is 14.5. The maximum atomic E-state index is 13.3. The van der Waals surface area contributed by atoms with Crippen molar-refractivity contribution in [3.8, 4) is 11.6 Å². The number of aromatic nitrogens is 4. The van der Waals surface area contributed by atoms with Gasteiger partial charge in [-0.25, -0.2) is 18.7 Å². The zero-order chi connectivity index (χ0) is 19.8. The second-order valence-electron chi connectivity index (χ2n) is 5.99. The van der Waals surface area contributed by atoms with Gasteiger partial charge in [-0.15, -0.1) is 0 Å². The molecule has 1 aromatic carbocycles. The Morgan fingerprint density at radius 3 is 2.68 bits per heavy atom. The highest BCUT2D eigenvalue weighted by Crippen LogP contribution is 2.31. The SMILES string of the molecule is Cc1nn(-c2ccccn2)c2ncc(C(=O)Nc3ccc(F)c(F)c3)c(O)c12. The summed E-state index contributed by atoms with van der Waals surface area (Å²) in [6, 6.07) is 8.23. The summed E-state index contributed by atoms with van der Waals surface area (Å²) >= 11 is 0. The van der Waals surface area contributed by atoms with Crippen LogP contribution in [0, 0.1) is 18.6 Å². The molecule has 0 aliphatic rings. The van der Waals surface area contributed by atoms with Crippen LogP contribution in [-0.2, 0) is 0 Å². The third kappa shape index (κ3) is 2.92. The van der Waals surface area contributed by atoms with E-state index in [1.807, 2.05) is 0 Å². The Morgan fingerprint density at radius 2 is 1.96 bits per heavy atom. The second-order valence-corrected chi connectivity index (χ2v) is 5.99. The Balaban J connectivity index is 1.75. The molecule has 1 amide bonds. The Labute approximate surface area is 157 Å². The number of aryl methyl sites for hydroxylation is 1. The van der Waals surface area contributed by atoms with E-state index < -0.39 is 17.5 Å². The molecule has 7 nitrogen and oxygen atoms in total. The van der Waals surface area contributed by atoms with Crippen LogP contribution in [0.1, 0.15) is 16.1 Å². The van der Waals surface area contributed by atoms with E-state index in [9.17, 15) is 18.7 Å². The summed E-state index contributed by atoms with van der Waals surface area (Å²) in [5.74, 6) is -2.65. The van der Waals surface area contributed by atoms with Crippen molar-refractivity contribution in [3.63, 3.8) is 0 Å². The van der Waals surface area contributed by atoms with Crippen LogP contribution in [0.25, 0.3) is 16.9 Å². The lowest BCUT2D eigenvalue weighted by molar-refractivity contribution is 0.102. The van der Waals surface area contributed by atoms with Crippen molar-refractivity contribution < 1.29 is 18.7 Å². The number of benzene rings is 1. The van der Waals surface area contributed by atoms with E-state index >= 15 is 0 Å². The topological polar surface area (TPSA) is 92.9 Å². The van der Waals surface area contributed by atoms with Gasteiger partial charge in [0.25, 0.3) is 5.91 Å². The summed E-state index contributed by atoms with van der Waals surface area (Å²) in [7, 11) is 0. The number of halogens is 2. The van der Waals surface area contributed by atoms with Gasteiger partial charge in [0.1, 0.15) is 11.3 Å². The third-order valence-corrected chi connectivity index (χ3v) is 4.13. The predicted octanol–water partition coefficient (Wildman–Crippen LogP) is 3.36. The molecule has 28 heavy (non-hydrogen) atoms. The van der Waals surface area contributed by atoms with E-state index in [1.165, 1.54) is 16.9 Å². The number of nitrogens with one attached hydrogen (secondary N) is 1. The van der Waals surface area contributed by atoms with Gasteiger partial charge in [-0.2, -0.15) is 9.78 Å². The van der Waals surface area contributed by atoms with Crippen LogP contribution in [0.5, 0.6) is 5.75 Å². The lowest BCUT2D eigenvalue weighted by Gasteiger charge is -2.08. The normalized spacial score (nSPS) is 11.0. The number of nitrogens with zero attached hydrogens (tertiary/aromatic N) is 4. The smallest absolute Gasteiger partial charge is 0.261 e. The summed E-state index contributed by atoms with van der Waals surface area (Å²) < 4.78 is 27.8. The number of carbonyl (C=O) groups excluding carboxylic acids is 1. The molecule has 4 rings (SSSR count). The molecule has 0 unspecified atom stereocenters. The largest absolute Gasteiger partial charge is 0.506 e. The standard InChI is InChI=1S/C19H13F2N5O2/c1-10-16-17(27)12(19(28)24-11-5-6-13(20)14(21)8-11)9-23-18(16)26(25-10)15-4-2-3-7-22-15/h2-9H,1H3,(H,23,27)(H,24,28). The van der Waals surface area contributed by atoms with Gasteiger partial charge in [0, 0.05) is 24.1 Å². The first kappa shape index (κ1) is 17.5. The minimum atomic E-state index is -1.09. The zero-order valence-corrected chi connectivity index (χ0v) is 14.5. The van der Waals surface area contributed by atoms with Crippen molar-refractivity contribution in [3.05, 3.63) is 71.7 Å². The average molecular weight is 381 g/mol. The van der Waals surface area contributed by atoms with Crippen LogP contribution in [0.2, 0.25) is 0 Å². The molecule has 2 N–H and O–H groups in total. The third-order valence-electron chi connectivity index (χ3n) is 4.13. The Morgan fingerprint density at radius 1 is 1.14 bits per heavy atom. The monoisotopic (exact) mass is 381 g/mol. The minimum absolute atomic E-state index is 0.0456. The lowest BCUT2D eigenvalue weighted by atomic mass is 10.1. The van der Waals surface area contributed by atoms with Crippen LogP contribution in [0.3, 0.4) is 0 Å². The molecule has 0 radical (unpaired) electrons. The van der Waals surface area contributed by atoms with Gasteiger partial charge in [0.15, 0.2) is 23.1 Å². The van der Waals surface area contributed by atoms with Gasteiger partial charge >= 0.3 is 0 Å². The molecule has 0 saturated heterocycles.